The van der Waals surface area contributed by atoms with E-state index in [1.54, 1.807) is 0 Å². The molecular weight excluding hydrogens is 170 g/mol. The van der Waals surface area contributed by atoms with Gasteiger partial charge in [-0.15, -0.1) is 0 Å². The molecule has 1 aromatic rings. The van der Waals surface area contributed by atoms with Gasteiger partial charge in [-0.25, -0.2) is 9.78 Å². The first kappa shape index (κ1) is 9.31. The highest BCUT2D eigenvalue weighted by atomic mass is 16.4. The minimum absolute atomic E-state index is 0.148. The second-order valence-corrected chi connectivity index (χ2v) is 2.49. The molecule has 0 amide bonds. The molecule has 1 heterocycles. The summed E-state index contributed by atoms with van der Waals surface area (Å²) in [7, 11) is 0. The van der Waals surface area contributed by atoms with Gasteiger partial charge in [0.25, 0.3) is 0 Å². The van der Waals surface area contributed by atoms with Gasteiger partial charge in [-0.2, -0.15) is 0 Å². The highest BCUT2D eigenvalue weighted by molar-refractivity contribution is 5.94. The molecule has 5 nitrogen and oxygen atoms in total. The van der Waals surface area contributed by atoms with E-state index in [9.17, 15) is 4.79 Å². The summed E-state index contributed by atoms with van der Waals surface area (Å²) in [6.07, 6.45) is 1.42. The van der Waals surface area contributed by atoms with Gasteiger partial charge in [-0.05, 0) is 13.0 Å². The van der Waals surface area contributed by atoms with Crippen molar-refractivity contribution in [3.8, 4) is 0 Å². The Labute approximate surface area is 75.6 Å². The lowest BCUT2D eigenvalue weighted by Crippen LogP contribution is -2.07. The summed E-state index contributed by atoms with van der Waals surface area (Å²) < 4.78 is 0. The zero-order valence-corrected chi connectivity index (χ0v) is 7.24. The number of nitrogens with two attached hydrogens (primary N) is 1. The van der Waals surface area contributed by atoms with Crippen LogP contribution >= 0.6 is 0 Å². The van der Waals surface area contributed by atoms with Gasteiger partial charge in [0, 0.05) is 6.54 Å². The lowest BCUT2D eigenvalue weighted by atomic mass is 10.2. The van der Waals surface area contributed by atoms with E-state index < -0.39 is 5.97 Å². The molecule has 13 heavy (non-hydrogen) atoms. The maximum Gasteiger partial charge on any atom is 0.337 e. The van der Waals surface area contributed by atoms with Crippen molar-refractivity contribution in [1.82, 2.24) is 4.98 Å². The number of nitrogen functional groups attached to an aromatic ring is 1. The van der Waals surface area contributed by atoms with Crippen LogP contribution in [0, 0.1) is 0 Å². The van der Waals surface area contributed by atoms with Crippen molar-refractivity contribution in [2.24, 2.45) is 0 Å². The van der Waals surface area contributed by atoms with Gasteiger partial charge < -0.3 is 16.2 Å². The molecule has 0 unspecified atom stereocenters. The molecule has 0 bridgehead atoms. The molecule has 0 aliphatic heterocycles. The molecule has 1 rings (SSSR count). The van der Waals surface area contributed by atoms with Crippen molar-refractivity contribution in [3.05, 3.63) is 17.8 Å². The molecular formula is C8H11N3O2. The first-order valence-electron chi connectivity index (χ1n) is 3.87. The Morgan fingerprint density at radius 2 is 2.46 bits per heavy atom. The van der Waals surface area contributed by atoms with Crippen LogP contribution in [-0.4, -0.2) is 22.6 Å². The normalized spacial score (nSPS) is 9.62. The van der Waals surface area contributed by atoms with Gasteiger partial charge >= 0.3 is 5.97 Å². The van der Waals surface area contributed by atoms with Crippen molar-refractivity contribution < 1.29 is 9.90 Å². The second-order valence-electron chi connectivity index (χ2n) is 2.49. The third-order valence-electron chi connectivity index (χ3n) is 1.52. The lowest BCUT2D eigenvalue weighted by Gasteiger charge is -2.06. The molecule has 0 atom stereocenters. The lowest BCUT2D eigenvalue weighted by molar-refractivity contribution is 0.0698. The fraction of sp³-hybridized carbons (Fsp3) is 0.250. The van der Waals surface area contributed by atoms with Crippen LogP contribution < -0.4 is 11.1 Å². The Balaban J connectivity index is 3.10. The molecule has 70 valence electrons. The zero-order chi connectivity index (χ0) is 9.84. The van der Waals surface area contributed by atoms with E-state index in [4.69, 9.17) is 10.8 Å². The molecule has 1 aromatic heterocycles. The Morgan fingerprint density at radius 3 is 3.00 bits per heavy atom. The third kappa shape index (κ3) is 2.08. The van der Waals surface area contributed by atoms with Crippen LogP contribution in [0.3, 0.4) is 0 Å². The fourth-order valence-corrected chi connectivity index (χ4v) is 0.980. The molecule has 0 aliphatic carbocycles. The maximum atomic E-state index is 10.7. The van der Waals surface area contributed by atoms with Crippen LogP contribution in [0.15, 0.2) is 12.3 Å². The van der Waals surface area contributed by atoms with E-state index in [0.717, 1.165) is 0 Å². The quantitative estimate of drug-likeness (QED) is 0.641. The topological polar surface area (TPSA) is 88.2 Å². The number of nitrogens with zero attached hydrogens (tertiary/aromatic N) is 1. The second kappa shape index (κ2) is 3.75. The van der Waals surface area contributed by atoms with Gasteiger partial charge in [0.15, 0.2) is 0 Å². The summed E-state index contributed by atoms with van der Waals surface area (Å²) in [5.41, 5.74) is 6.00. The smallest absolute Gasteiger partial charge is 0.337 e. The van der Waals surface area contributed by atoms with Crippen LogP contribution in [0.2, 0.25) is 0 Å². The Bertz CT molecular complexity index is 325. The fourth-order valence-electron chi connectivity index (χ4n) is 0.980. The van der Waals surface area contributed by atoms with Gasteiger partial charge in [-0.1, -0.05) is 0 Å². The monoisotopic (exact) mass is 181 g/mol. The van der Waals surface area contributed by atoms with Crippen LogP contribution in [0.1, 0.15) is 17.3 Å². The molecule has 0 fully saturated rings. The number of aromatic carboxylic acids is 1. The predicted octanol–water partition coefficient (Wildman–Crippen LogP) is 0.794. The van der Waals surface area contributed by atoms with Crippen LogP contribution in [0.5, 0.6) is 0 Å². The Morgan fingerprint density at radius 1 is 1.77 bits per heavy atom. The highest BCUT2D eigenvalue weighted by Crippen LogP contribution is 2.15. The number of pyridine rings is 1. The summed E-state index contributed by atoms with van der Waals surface area (Å²) in [6, 6.07) is 1.33. The largest absolute Gasteiger partial charge is 0.478 e. The molecule has 0 radical (unpaired) electrons. The summed E-state index contributed by atoms with van der Waals surface area (Å²) in [5.74, 6) is -0.802. The number of rotatable bonds is 3. The molecule has 0 aliphatic rings. The minimum atomic E-state index is -1.01. The third-order valence-corrected chi connectivity index (χ3v) is 1.52. The average Bonchev–Trinajstić information content (AvgIpc) is 2.08. The average molecular weight is 181 g/mol. The summed E-state index contributed by atoms with van der Waals surface area (Å²) in [4.78, 5) is 14.5. The van der Waals surface area contributed by atoms with E-state index in [0.29, 0.717) is 12.2 Å². The van der Waals surface area contributed by atoms with E-state index in [-0.39, 0.29) is 11.4 Å². The number of carboxylic acid groups (broad SMARTS) is 1. The van der Waals surface area contributed by atoms with Gasteiger partial charge in [-0.3, -0.25) is 0 Å². The molecule has 5 heteroatoms. The van der Waals surface area contributed by atoms with Crippen molar-refractivity contribution in [3.63, 3.8) is 0 Å². The van der Waals surface area contributed by atoms with E-state index in [1.807, 2.05) is 6.92 Å². The first-order valence-corrected chi connectivity index (χ1v) is 3.87. The van der Waals surface area contributed by atoms with Crippen molar-refractivity contribution in [1.29, 1.82) is 0 Å². The number of carboxylic acids is 1. The molecule has 0 spiro atoms. The number of hydrogen-bond acceptors (Lipinski definition) is 4. The van der Waals surface area contributed by atoms with Crippen molar-refractivity contribution >= 4 is 17.5 Å². The minimum Gasteiger partial charge on any atom is -0.478 e. The van der Waals surface area contributed by atoms with E-state index in [1.165, 1.54) is 12.3 Å². The SMILES string of the molecule is CCNc1cnc(N)cc1C(=O)O. The van der Waals surface area contributed by atoms with Gasteiger partial charge in [0.1, 0.15) is 5.82 Å². The van der Waals surface area contributed by atoms with Crippen LogP contribution in [0.25, 0.3) is 0 Å². The van der Waals surface area contributed by atoms with Gasteiger partial charge in [0.2, 0.25) is 0 Å². The number of nitrogens with one attached hydrogen (secondary N) is 1. The van der Waals surface area contributed by atoms with E-state index in [2.05, 4.69) is 10.3 Å². The molecule has 0 saturated carbocycles. The number of aromatic nitrogens is 1. The van der Waals surface area contributed by atoms with Gasteiger partial charge in [0.05, 0.1) is 17.4 Å². The molecule has 0 aromatic carbocycles. The number of anilines is 2. The Kier molecular flexibility index (Phi) is 2.69. The summed E-state index contributed by atoms with van der Waals surface area (Å²) in [5, 5.41) is 11.7. The first-order chi connectivity index (χ1) is 6.15. The van der Waals surface area contributed by atoms with Crippen LogP contribution in [-0.2, 0) is 0 Å². The molecule has 4 N–H and O–H groups in total. The Hall–Kier alpha value is -1.78. The standard InChI is InChI=1S/C8H11N3O2/c1-2-10-6-4-11-7(9)3-5(6)8(12)13/h3-4,10H,2H2,1H3,(H2,9,11)(H,12,13). The summed E-state index contributed by atoms with van der Waals surface area (Å²) >= 11 is 0. The predicted molar refractivity (Wildman–Crippen MR) is 49.8 cm³/mol. The van der Waals surface area contributed by atoms with Crippen LogP contribution in [0.4, 0.5) is 11.5 Å². The highest BCUT2D eigenvalue weighted by Gasteiger charge is 2.09. The van der Waals surface area contributed by atoms with Crippen molar-refractivity contribution in [2.45, 2.75) is 6.92 Å². The maximum absolute atomic E-state index is 10.7. The number of hydrogen-bond donors (Lipinski definition) is 3. The summed E-state index contributed by atoms with van der Waals surface area (Å²) in [6.45, 7) is 2.52. The number of carbonyl (C=O) groups is 1. The molecule has 0 saturated heterocycles. The van der Waals surface area contributed by atoms with Crippen molar-refractivity contribution in [2.75, 3.05) is 17.6 Å². The van der Waals surface area contributed by atoms with E-state index >= 15 is 0 Å². The zero-order valence-electron chi connectivity index (χ0n) is 7.24.